The number of thioether (sulfide) groups is 1. The zero-order chi connectivity index (χ0) is 14.5. The molecule has 1 N–H and O–H groups in total. The van der Waals surface area contributed by atoms with Crippen molar-refractivity contribution >= 4 is 11.8 Å². The summed E-state index contributed by atoms with van der Waals surface area (Å²) in [7, 11) is 0. The van der Waals surface area contributed by atoms with Gasteiger partial charge in [-0.2, -0.15) is 11.8 Å². The highest BCUT2D eigenvalue weighted by Crippen LogP contribution is 2.30. The smallest absolute Gasteiger partial charge is 0.159 e. The van der Waals surface area contributed by atoms with Gasteiger partial charge in [-0.3, -0.25) is 0 Å². The average molecular weight is 287 g/mol. The van der Waals surface area contributed by atoms with Crippen LogP contribution in [-0.4, -0.2) is 17.5 Å². The van der Waals surface area contributed by atoms with E-state index in [0.29, 0.717) is 0 Å². The maximum Gasteiger partial charge on any atom is 0.159 e. The Bertz CT molecular complexity index is 397. The molecule has 0 saturated heterocycles. The molecule has 0 saturated carbocycles. The Balaban J connectivity index is 2.69. The Hall–Kier alpha value is -0.610. The monoisotopic (exact) mass is 287 g/mol. The zero-order valence-electron chi connectivity index (χ0n) is 12.1. The molecule has 0 bridgehead atoms. The molecule has 1 aromatic carbocycles. The van der Waals surface area contributed by atoms with Crippen molar-refractivity contribution in [1.29, 1.82) is 0 Å². The lowest BCUT2D eigenvalue weighted by molar-refractivity contribution is 0.455. The third-order valence-corrected chi connectivity index (χ3v) is 5.48. The molecule has 0 spiro atoms. The minimum absolute atomic E-state index is 0.0136. The van der Waals surface area contributed by atoms with Crippen LogP contribution in [0.3, 0.4) is 0 Å². The standard InChI is InChI=1S/C15H23F2NS/c1-5-15(6-2,19-4)10-18-11(3)12-7-8-13(16)14(17)9-12/h7-9,11,18H,5-6,10H2,1-4H3. The maximum absolute atomic E-state index is 13.2. The molecule has 1 aromatic rings. The number of halogens is 2. The minimum Gasteiger partial charge on any atom is -0.309 e. The highest BCUT2D eigenvalue weighted by molar-refractivity contribution is 8.00. The highest BCUT2D eigenvalue weighted by Gasteiger charge is 2.25. The van der Waals surface area contributed by atoms with Crippen molar-refractivity contribution in [2.75, 3.05) is 12.8 Å². The molecule has 0 amide bonds. The highest BCUT2D eigenvalue weighted by atomic mass is 32.2. The quantitative estimate of drug-likeness (QED) is 0.790. The lowest BCUT2D eigenvalue weighted by Gasteiger charge is -2.31. The molecular weight excluding hydrogens is 264 g/mol. The number of nitrogens with one attached hydrogen (secondary N) is 1. The van der Waals surface area contributed by atoms with Crippen LogP contribution in [0.15, 0.2) is 18.2 Å². The van der Waals surface area contributed by atoms with Crippen LogP contribution < -0.4 is 5.32 Å². The van der Waals surface area contributed by atoms with Gasteiger partial charge in [0.05, 0.1) is 0 Å². The van der Waals surface area contributed by atoms with Gasteiger partial charge in [-0.05, 0) is 43.7 Å². The predicted molar refractivity (Wildman–Crippen MR) is 79.6 cm³/mol. The van der Waals surface area contributed by atoms with E-state index in [9.17, 15) is 8.78 Å². The minimum atomic E-state index is -0.795. The summed E-state index contributed by atoms with van der Waals surface area (Å²) in [5.74, 6) is -1.58. The molecule has 0 aliphatic heterocycles. The van der Waals surface area contributed by atoms with Crippen molar-refractivity contribution in [2.45, 2.75) is 44.4 Å². The van der Waals surface area contributed by atoms with Gasteiger partial charge in [-0.25, -0.2) is 8.78 Å². The zero-order valence-corrected chi connectivity index (χ0v) is 12.9. The first-order valence-electron chi connectivity index (χ1n) is 6.71. The first-order chi connectivity index (χ1) is 8.98. The first kappa shape index (κ1) is 16.4. The van der Waals surface area contributed by atoms with Crippen LogP contribution in [0.4, 0.5) is 8.78 Å². The second-order valence-corrected chi connectivity index (χ2v) is 6.14. The molecule has 1 atom stereocenters. The Morgan fingerprint density at radius 1 is 1.21 bits per heavy atom. The van der Waals surface area contributed by atoms with Gasteiger partial charge >= 0.3 is 0 Å². The SMILES string of the molecule is CCC(CC)(CNC(C)c1ccc(F)c(F)c1)SC. The Kier molecular flexibility index (Phi) is 6.27. The van der Waals surface area contributed by atoms with Gasteiger partial charge in [0.2, 0.25) is 0 Å². The number of benzene rings is 1. The second kappa shape index (κ2) is 7.25. The van der Waals surface area contributed by atoms with Gasteiger partial charge in [-0.1, -0.05) is 19.9 Å². The largest absolute Gasteiger partial charge is 0.309 e. The molecule has 0 radical (unpaired) electrons. The average Bonchev–Trinajstić information content (AvgIpc) is 2.43. The molecule has 1 rings (SSSR count). The Labute approximate surface area is 119 Å². The number of hydrogen-bond acceptors (Lipinski definition) is 2. The molecule has 1 unspecified atom stereocenters. The predicted octanol–water partition coefficient (Wildman–Crippen LogP) is 4.54. The summed E-state index contributed by atoms with van der Waals surface area (Å²) in [6, 6.07) is 4.10. The molecule has 19 heavy (non-hydrogen) atoms. The van der Waals surface area contributed by atoms with E-state index in [1.807, 2.05) is 18.7 Å². The van der Waals surface area contributed by atoms with Crippen LogP contribution in [0.5, 0.6) is 0 Å². The van der Waals surface area contributed by atoms with Crippen molar-refractivity contribution in [3.63, 3.8) is 0 Å². The van der Waals surface area contributed by atoms with Crippen molar-refractivity contribution in [3.05, 3.63) is 35.4 Å². The van der Waals surface area contributed by atoms with Crippen LogP contribution in [-0.2, 0) is 0 Å². The maximum atomic E-state index is 13.2. The molecular formula is C15H23F2NS. The van der Waals surface area contributed by atoms with E-state index >= 15 is 0 Å². The van der Waals surface area contributed by atoms with E-state index in [4.69, 9.17) is 0 Å². The van der Waals surface area contributed by atoms with Crippen LogP contribution in [0.25, 0.3) is 0 Å². The third kappa shape index (κ3) is 4.18. The number of rotatable bonds is 7. The lowest BCUT2D eigenvalue weighted by atomic mass is 10.0. The van der Waals surface area contributed by atoms with E-state index < -0.39 is 11.6 Å². The van der Waals surface area contributed by atoms with Crippen molar-refractivity contribution < 1.29 is 8.78 Å². The van der Waals surface area contributed by atoms with E-state index in [0.717, 1.165) is 24.9 Å². The third-order valence-electron chi connectivity index (χ3n) is 3.90. The van der Waals surface area contributed by atoms with Crippen LogP contribution >= 0.6 is 11.8 Å². The summed E-state index contributed by atoms with van der Waals surface area (Å²) >= 11 is 1.86. The first-order valence-corrected chi connectivity index (χ1v) is 7.94. The van der Waals surface area contributed by atoms with Crippen molar-refractivity contribution in [3.8, 4) is 0 Å². The van der Waals surface area contributed by atoms with E-state index in [1.54, 1.807) is 6.07 Å². The number of hydrogen-bond donors (Lipinski definition) is 1. The molecule has 0 aliphatic carbocycles. The topological polar surface area (TPSA) is 12.0 Å². The van der Waals surface area contributed by atoms with Crippen LogP contribution in [0.2, 0.25) is 0 Å². The van der Waals surface area contributed by atoms with Crippen molar-refractivity contribution in [1.82, 2.24) is 5.32 Å². The molecule has 4 heteroatoms. The summed E-state index contributed by atoms with van der Waals surface area (Å²) < 4.78 is 26.3. The molecule has 0 aliphatic rings. The van der Waals surface area contributed by atoms with Gasteiger partial charge in [0.15, 0.2) is 11.6 Å². The Morgan fingerprint density at radius 3 is 2.32 bits per heavy atom. The fourth-order valence-electron chi connectivity index (χ4n) is 2.10. The van der Waals surface area contributed by atoms with Gasteiger partial charge in [0.1, 0.15) is 0 Å². The van der Waals surface area contributed by atoms with Crippen LogP contribution in [0, 0.1) is 11.6 Å². The molecule has 1 nitrogen and oxygen atoms in total. The summed E-state index contributed by atoms with van der Waals surface area (Å²) in [5, 5.41) is 3.43. The van der Waals surface area contributed by atoms with Gasteiger partial charge < -0.3 is 5.32 Å². The molecule has 108 valence electrons. The Morgan fingerprint density at radius 2 is 1.84 bits per heavy atom. The molecule has 0 fully saturated rings. The fourth-order valence-corrected chi connectivity index (χ4v) is 2.90. The van der Waals surface area contributed by atoms with E-state index in [1.165, 1.54) is 12.1 Å². The summed E-state index contributed by atoms with van der Waals surface area (Å²) in [5.41, 5.74) is 0.779. The van der Waals surface area contributed by atoms with Gasteiger partial charge in [-0.15, -0.1) is 0 Å². The second-order valence-electron chi connectivity index (χ2n) is 4.87. The summed E-state index contributed by atoms with van der Waals surface area (Å²) in [6.45, 7) is 7.21. The molecule has 0 aromatic heterocycles. The van der Waals surface area contributed by atoms with Crippen molar-refractivity contribution in [2.24, 2.45) is 0 Å². The fraction of sp³-hybridized carbons (Fsp3) is 0.600. The van der Waals surface area contributed by atoms with E-state index in [2.05, 4.69) is 25.4 Å². The summed E-state index contributed by atoms with van der Waals surface area (Å²) in [6.07, 6.45) is 4.29. The van der Waals surface area contributed by atoms with Gasteiger partial charge in [0.25, 0.3) is 0 Å². The summed E-state index contributed by atoms with van der Waals surface area (Å²) in [4.78, 5) is 0. The van der Waals surface area contributed by atoms with Gasteiger partial charge in [0, 0.05) is 17.3 Å². The van der Waals surface area contributed by atoms with Crippen LogP contribution in [0.1, 0.15) is 45.2 Å². The van der Waals surface area contributed by atoms with E-state index in [-0.39, 0.29) is 10.8 Å². The lowest BCUT2D eigenvalue weighted by Crippen LogP contribution is -2.37. The molecule has 0 heterocycles. The normalized spacial score (nSPS) is 13.6.